The maximum atomic E-state index is 12.0. The average Bonchev–Trinajstić information content (AvgIpc) is 2.90. The van der Waals surface area contributed by atoms with Gasteiger partial charge in [-0.05, 0) is 92.9 Å². The molecule has 0 amide bonds. The molecule has 4 aliphatic rings. The molecule has 4 aliphatic carbocycles. The highest BCUT2D eigenvalue weighted by Crippen LogP contribution is 2.60. The van der Waals surface area contributed by atoms with Gasteiger partial charge in [-0.1, -0.05) is 36.4 Å². The topological polar surface area (TPSA) is 153 Å². The number of carbonyl (C=O) groups is 4. The minimum Gasteiger partial charge on any atom is -0.478 e. The summed E-state index contributed by atoms with van der Waals surface area (Å²) in [4.78, 5) is 46.8. The Kier molecular flexibility index (Phi) is 8.70. The molecule has 3 atom stereocenters. The fourth-order valence-electron chi connectivity index (χ4n) is 6.73. The Labute approximate surface area is 227 Å². The number of benzene rings is 2. The van der Waals surface area contributed by atoms with Crippen LogP contribution < -0.4 is 5.73 Å². The molecule has 208 valence electrons. The molecule has 0 aliphatic heterocycles. The summed E-state index contributed by atoms with van der Waals surface area (Å²) in [5.74, 6) is -2.48. The fraction of sp³-hybridized carbons (Fsp3) is 0.467. The van der Waals surface area contributed by atoms with Gasteiger partial charge in [0.05, 0.1) is 11.1 Å². The van der Waals surface area contributed by atoms with Crippen LogP contribution in [0, 0.1) is 23.2 Å². The molecule has 9 heteroatoms. The molecule has 39 heavy (non-hydrogen) atoms. The average molecular weight is 538 g/mol. The lowest BCUT2D eigenvalue weighted by Gasteiger charge is -2.58. The Bertz CT molecular complexity index is 1080. The summed E-state index contributed by atoms with van der Waals surface area (Å²) in [6, 6.07) is 15.3. The van der Waals surface area contributed by atoms with Gasteiger partial charge in [-0.15, -0.1) is 0 Å². The largest absolute Gasteiger partial charge is 0.478 e. The maximum absolute atomic E-state index is 12.0. The van der Waals surface area contributed by atoms with E-state index < -0.39 is 36.1 Å². The van der Waals surface area contributed by atoms with E-state index in [0.717, 1.165) is 17.8 Å². The van der Waals surface area contributed by atoms with Crippen LogP contribution in [-0.4, -0.2) is 52.3 Å². The molecule has 0 heterocycles. The number of hydrogen-bond donors (Lipinski definition) is 3. The predicted octanol–water partition coefficient (Wildman–Crippen LogP) is 4.16. The predicted molar refractivity (Wildman–Crippen MR) is 141 cm³/mol. The number of carboxylic acids is 2. The van der Waals surface area contributed by atoms with Gasteiger partial charge in [-0.3, -0.25) is 0 Å². The van der Waals surface area contributed by atoms with E-state index in [9.17, 15) is 29.4 Å². The first-order valence-corrected chi connectivity index (χ1v) is 13.3. The van der Waals surface area contributed by atoms with Crippen molar-refractivity contribution in [1.29, 1.82) is 0 Å². The molecule has 0 saturated heterocycles. The Morgan fingerprint density at radius 1 is 0.718 bits per heavy atom. The van der Waals surface area contributed by atoms with Crippen molar-refractivity contribution >= 4 is 23.9 Å². The summed E-state index contributed by atoms with van der Waals surface area (Å²) < 4.78 is 9.52. The molecule has 0 aromatic heterocycles. The van der Waals surface area contributed by atoms with Crippen molar-refractivity contribution in [1.82, 2.24) is 0 Å². The number of carboxylic acid groups (broad SMARTS) is 2. The maximum Gasteiger partial charge on any atom is 0.349 e. The summed E-state index contributed by atoms with van der Waals surface area (Å²) in [5.41, 5.74) is 6.82. The van der Waals surface area contributed by atoms with E-state index in [1.165, 1.54) is 87.1 Å². The van der Waals surface area contributed by atoms with E-state index in [-0.39, 0.29) is 11.1 Å². The highest BCUT2D eigenvalue weighted by atomic mass is 16.6. The molecule has 4 bridgehead atoms. The van der Waals surface area contributed by atoms with Crippen molar-refractivity contribution in [2.24, 2.45) is 28.9 Å². The van der Waals surface area contributed by atoms with Crippen LogP contribution in [0.5, 0.6) is 0 Å². The molecule has 2 aromatic rings. The van der Waals surface area contributed by atoms with Gasteiger partial charge in [0.15, 0.2) is 0 Å². The fourth-order valence-corrected chi connectivity index (χ4v) is 6.73. The van der Waals surface area contributed by atoms with Crippen LogP contribution in [0.25, 0.3) is 0 Å². The standard InChI is InChI=1S/C18H14O8.C12H21N/c19-15(20)13(25-17(23)11-7-3-1-4-8-11)14(16(21)22)26-18(24)12-9-5-2-6-10-12;1-8(13)12-5-9-2-10(6-12)4-11(3-9)7-12/h1-10,13-14H,(H,19,20)(H,21,22);8-11H,2-7,13H2,1H3. The second kappa shape index (κ2) is 12.0. The van der Waals surface area contributed by atoms with Gasteiger partial charge < -0.3 is 25.4 Å². The normalized spacial score (nSPS) is 26.8. The summed E-state index contributed by atoms with van der Waals surface area (Å²) in [7, 11) is 0. The quantitative estimate of drug-likeness (QED) is 0.421. The van der Waals surface area contributed by atoms with Crippen LogP contribution in [0.1, 0.15) is 66.2 Å². The first-order valence-electron chi connectivity index (χ1n) is 13.3. The second-order valence-electron chi connectivity index (χ2n) is 11.1. The molecule has 4 saturated carbocycles. The number of nitrogens with two attached hydrogens (primary N) is 1. The lowest BCUT2D eigenvalue weighted by atomic mass is 9.48. The molecule has 6 rings (SSSR count). The van der Waals surface area contributed by atoms with Gasteiger partial charge in [-0.2, -0.15) is 0 Å². The van der Waals surface area contributed by atoms with Crippen LogP contribution in [0.2, 0.25) is 0 Å². The van der Waals surface area contributed by atoms with Crippen LogP contribution in [-0.2, 0) is 19.1 Å². The van der Waals surface area contributed by atoms with Gasteiger partial charge >= 0.3 is 23.9 Å². The number of aliphatic carboxylic acids is 2. The first-order chi connectivity index (χ1) is 18.6. The summed E-state index contributed by atoms with van der Waals surface area (Å²) in [6.45, 7) is 2.24. The summed E-state index contributed by atoms with van der Waals surface area (Å²) in [5, 5.41) is 18.5. The SMILES string of the molecule is CC(N)C12CC3CC(CC(C3)C1)C2.O=C(OC(C(=O)O)C(OC(=O)c1ccccc1)C(=O)O)c1ccccc1. The molecular weight excluding hydrogens is 502 g/mol. The van der Waals surface area contributed by atoms with Crippen molar-refractivity contribution in [2.45, 2.75) is 63.7 Å². The lowest BCUT2D eigenvalue weighted by Crippen LogP contribution is -2.53. The third-order valence-corrected chi connectivity index (χ3v) is 8.30. The molecular formula is C30H35NO8. The van der Waals surface area contributed by atoms with Crippen molar-refractivity contribution in [3.05, 3.63) is 71.8 Å². The van der Waals surface area contributed by atoms with Gasteiger partial charge in [0.1, 0.15) is 0 Å². The zero-order valence-corrected chi connectivity index (χ0v) is 21.9. The van der Waals surface area contributed by atoms with Crippen molar-refractivity contribution in [3.63, 3.8) is 0 Å². The second-order valence-corrected chi connectivity index (χ2v) is 11.1. The van der Waals surface area contributed by atoms with E-state index in [1.54, 1.807) is 12.1 Å². The van der Waals surface area contributed by atoms with Gasteiger partial charge in [0, 0.05) is 6.04 Å². The number of esters is 2. The minimum absolute atomic E-state index is 0.0253. The first kappa shape index (κ1) is 28.3. The Morgan fingerprint density at radius 2 is 1.05 bits per heavy atom. The molecule has 2 aromatic carbocycles. The summed E-state index contributed by atoms with van der Waals surface area (Å²) in [6.07, 6.45) is 4.54. The number of rotatable bonds is 8. The lowest BCUT2D eigenvalue weighted by molar-refractivity contribution is -0.166. The smallest absolute Gasteiger partial charge is 0.349 e. The third kappa shape index (κ3) is 6.65. The molecule has 3 unspecified atom stereocenters. The van der Waals surface area contributed by atoms with E-state index in [1.807, 2.05) is 0 Å². The summed E-state index contributed by atoms with van der Waals surface area (Å²) >= 11 is 0. The molecule has 0 spiro atoms. The molecule has 0 radical (unpaired) electrons. The van der Waals surface area contributed by atoms with E-state index in [2.05, 4.69) is 6.92 Å². The number of ether oxygens (including phenoxy) is 2. The van der Waals surface area contributed by atoms with Gasteiger partial charge in [-0.25, -0.2) is 19.2 Å². The van der Waals surface area contributed by atoms with Crippen molar-refractivity contribution in [2.75, 3.05) is 0 Å². The Balaban J connectivity index is 0.000000223. The Morgan fingerprint density at radius 3 is 1.33 bits per heavy atom. The number of carbonyl (C=O) groups excluding carboxylic acids is 2. The van der Waals surface area contributed by atoms with Crippen molar-refractivity contribution < 1.29 is 38.9 Å². The molecule has 4 N–H and O–H groups in total. The minimum atomic E-state index is -2.21. The zero-order valence-electron chi connectivity index (χ0n) is 21.9. The van der Waals surface area contributed by atoms with Crippen molar-refractivity contribution in [3.8, 4) is 0 Å². The number of hydrogen-bond acceptors (Lipinski definition) is 7. The highest BCUT2D eigenvalue weighted by molar-refractivity contribution is 5.95. The Hall–Kier alpha value is -3.72. The van der Waals surface area contributed by atoms with Crippen LogP contribution in [0.15, 0.2) is 60.7 Å². The molecule has 9 nitrogen and oxygen atoms in total. The van der Waals surface area contributed by atoms with E-state index >= 15 is 0 Å². The highest BCUT2D eigenvalue weighted by Gasteiger charge is 2.52. The molecule has 4 fully saturated rings. The van der Waals surface area contributed by atoms with Crippen LogP contribution in [0.3, 0.4) is 0 Å². The van der Waals surface area contributed by atoms with Crippen LogP contribution in [0.4, 0.5) is 0 Å². The zero-order chi connectivity index (χ0) is 28.2. The van der Waals surface area contributed by atoms with Crippen LogP contribution >= 0.6 is 0 Å². The van der Waals surface area contributed by atoms with Gasteiger partial charge in [0.2, 0.25) is 12.2 Å². The van der Waals surface area contributed by atoms with E-state index in [4.69, 9.17) is 15.2 Å². The monoisotopic (exact) mass is 537 g/mol. The van der Waals surface area contributed by atoms with E-state index in [0.29, 0.717) is 11.5 Å². The van der Waals surface area contributed by atoms with Gasteiger partial charge in [0.25, 0.3) is 0 Å². The third-order valence-electron chi connectivity index (χ3n) is 8.30.